The zero-order valence-electron chi connectivity index (χ0n) is 7.72. The lowest BCUT2D eigenvalue weighted by Gasteiger charge is -2.02. The number of rotatable bonds is 6. The van der Waals surface area contributed by atoms with Crippen molar-refractivity contribution in [3.63, 3.8) is 0 Å². The fourth-order valence-electron chi connectivity index (χ4n) is 0.765. The molecule has 11 heavy (non-hydrogen) atoms. The van der Waals surface area contributed by atoms with Gasteiger partial charge in [0.25, 0.3) is 0 Å². The first-order valence-corrected chi connectivity index (χ1v) is 5.35. The Hall–Kier alpha value is 0.0200. The molecule has 0 N–H and O–H groups in total. The minimum absolute atomic E-state index is 0.398. The predicted molar refractivity (Wildman–Crippen MR) is 52.1 cm³/mol. The number of carbonyl (C=O) groups is 1. The third-order valence-electron chi connectivity index (χ3n) is 1.45. The normalized spacial score (nSPS) is 10.5. The van der Waals surface area contributed by atoms with Crippen LogP contribution in [0.3, 0.4) is 0 Å². The lowest BCUT2D eigenvalue weighted by molar-refractivity contribution is -0.118. The Morgan fingerprint density at radius 2 is 2.09 bits per heavy atom. The molecule has 0 heterocycles. The maximum atomic E-state index is 10.8. The molecule has 0 aromatic heterocycles. The van der Waals surface area contributed by atoms with Gasteiger partial charge in [0.05, 0.1) is 0 Å². The van der Waals surface area contributed by atoms with Gasteiger partial charge in [-0.05, 0) is 17.4 Å². The zero-order chi connectivity index (χ0) is 8.69. The smallest absolute Gasteiger partial charge is 0.132 e. The molecule has 0 radical (unpaired) electrons. The average Bonchev–Trinajstić information content (AvgIpc) is 1.97. The second-order valence-electron chi connectivity index (χ2n) is 2.92. The van der Waals surface area contributed by atoms with Crippen LogP contribution in [0.15, 0.2) is 0 Å². The highest BCUT2D eigenvalue weighted by molar-refractivity contribution is 7.99. The van der Waals surface area contributed by atoms with Crippen molar-refractivity contribution in [1.29, 1.82) is 0 Å². The van der Waals surface area contributed by atoms with Crippen molar-refractivity contribution < 1.29 is 4.79 Å². The molecule has 0 bridgehead atoms. The van der Waals surface area contributed by atoms with E-state index in [4.69, 9.17) is 0 Å². The van der Waals surface area contributed by atoms with Crippen LogP contribution in [0.25, 0.3) is 0 Å². The molecule has 0 aromatic carbocycles. The van der Waals surface area contributed by atoms with Crippen LogP contribution in [0.5, 0.6) is 0 Å². The molecule has 2 heteroatoms. The Bertz CT molecular complexity index is 110. The van der Waals surface area contributed by atoms with Gasteiger partial charge in [0.15, 0.2) is 0 Å². The Balaban J connectivity index is 3.08. The van der Waals surface area contributed by atoms with Crippen LogP contribution in [0.2, 0.25) is 0 Å². The van der Waals surface area contributed by atoms with Crippen molar-refractivity contribution in [3.05, 3.63) is 0 Å². The lowest BCUT2D eigenvalue weighted by atomic mass is 10.2. The number of carbonyl (C=O) groups excluding carboxylic acids is 1. The second-order valence-corrected chi connectivity index (χ2v) is 4.60. The van der Waals surface area contributed by atoms with E-state index >= 15 is 0 Å². The molecule has 66 valence electrons. The van der Waals surface area contributed by atoms with Crippen molar-refractivity contribution in [3.8, 4) is 0 Å². The van der Waals surface area contributed by atoms with Crippen molar-refractivity contribution in [2.75, 3.05) is 5.75 Å². The highest BCUT2D eigenvalue weighted by Crippen LogP contribution is 2.11. The summed E-state index contributed by atoms with van der Waals surface area (Å²) in [6, 6.07) is 0. The average molecular weight is 174 g/mol. The monoisotopic (exact) mass is 174 g/mol. The molecule has 0 amide bonds. The predicted octanol–water partition coefficient (Wildman–Crippen LogP) is 2.89. The zero-order valence-corrected chi connectivity index (χ0v) is 8.54. The summed E-state index contributed by atoms with van der Waals surface area (Å²) in [5.74, 6) is 1.53. The highest BCUT2D eigenvalue weighted by Gasteiger charge is 1.98. The van der Waals surface area contributed by atoms with E-state index in [2.05, 4.69) is 13.8 Å². The summed E-state index contributed by atoms with van der Waals surface area (Å²) >= 11 is 1.93. The van der Waals surface area contributed by atoms with Gasteiger partial charge < -0.3 is 0 Å². The van der Waals surface area contributed by atoms with E-state index in [0.29, 0.717) is 17.5 Å². The fraction of sp³-hybridized carbons (Fsp3) is 0.889. The summed E-state index contributed by atoms with van der Waals surface area (Å²) in [6.07, 6.45) is 2.53. The first-order valence-electron chi connectivity index (χ1n) is 4.30. The Kier molecular flexibility index (Phi) is 6.73. The van der Waals surface area contributed by atoms with Crippen LogP contribution in [-0.2, 0) is 4.79 Å². The van der Waals surface area contributed by atoms with Gasteiger partial charge in [0.1, 0.15) is 5.78 Å². The van der Waals surface area contributed by atoms with Crippen LogP contribution in [-0.4, -0.2) is 16.8 Å². The van der Waals surface area contributed by atoms with E-state index < -0.39 is 0 Å². The van der Waals surface area contributed by atoms with Gasteiger partial charge in [0.2, 0.25) is 0 Å². The Morgan fingerprint density at radius 3 is 2.55 bits per heavy atom. The molecule has 0 spiro atoms. The fourth-order valence-corrected chi connectivity index (χ4v) is 1.55. The van der Waals surface area contributed by atoms with Crippen molar-refractivity contribution in [1.82, 2.24) is 0 Å². The minimum atomic E-state index is 0.398. The first-order chi connectivity index (χ1) is 5.16. The number of Topliss-reactive ketones (excluding diaryl/α,β-unsaturated/α-hetero) is 1. The molecule has 0 fully saturated rings. The molecule has 0 rings (SSSR count). The molecule has 0 aliphatic carbocycles. The third kappa shape index (κ3) is 7.92. The number of hydrogen-bond acceptors (Lipinski definition) is 2. The van der Waals surface area contributed by atoms with Crippen LogP contribution in [0.4, 0.5) is 0 Å². The van der Waals surface area contributed by atoms with E-state index in [0.717, 1.165) is 18.6 Å². The molecule has 0 aromatic rings. The van der Waals surface area contributed by atoms with Gasteiger partial charge >= 0.3 is 0 Å². The van der Waals surface area contributed by atoms with Crippen LogP contribution in [0.1, 0.15) is 40.0 Å². The molecule has 0 saturated heterocycles. The minimum Gasteiger partial charge on any atom is -0.300 e. The Labute approximate surface area is 73.9 Å². The van der Waals surface area contributed by atoms with E-state index in [1.807, 2.05) is 18.7 Å². The van der Waals surface area contributed by atoms with Gasteiger partial charge in [-0.25, -0.2) is 0 Å². The summed E-state index contributed by atoms with van der Waals surface area (Å²) in [5, 5.41) is 0.701. The summed E-state index contributed by atoms with van der Waals surface area (Å²) < 4.78 is 0. The molecular formula is C9H18OS. The molecule has 1 nitrogen and oxygen atoms in total. The highest BCUT2D eigenvalue weighted by atomic mass is 32.2. The maximum Gasteiger partial charge on any atom is 0.132 e. The van der Waals surface area contributed by atoms with Gasteiger partial charge in [-0.3, -0.25) is 4.79 Å². The quantitative estimate of drug-likeness (QED) is 0.576. The topological polar surface area (TPSA) is 17.1 Å². The van der Waals surface area contributed by atoms with E-state index in [-0.39, 0.29) is 0 Å². The number of ketones is 1. The molecule has 0 unspecified atom stereocenters. The van der Waals surface area contributed by atoms with Crippen molar-refractivity contribution >= 4 is 17.5 Å². The summed E-state index contributed by atoms with van der Waals surface area (Å²) in [6.45, 7) is 6.30. The summed E-state index contributed by atoms with van der Waals surface area (Å²) in [4.78, 5) is 10.8. The van der Waals surface area contributed by atoms with Crippen LogP contribution < -0.4 is 0 Å². The maximum absolute atomic E-state index is 10.8. The Morgan fingerprint density at radius 1 is 1.45 bits per heavy atom. The molecular weight excluding hydrogens is 156 g/mol. The van der Waals surface area contributed by atoms with Gasteiger partial charge in [-0.2, -0.15) is 11.8 Å². The van der Waals surface area contributed by atoms with E-state index in [9.17, 15) is 4.79 Å². The summed E-state index contributed by atoms with van der Waals surface area (Å²) in [5.41, 5.74) is 0. The van der Waals surface area contributed by atoms with E-state index in [1.54, 1.807) is 0 Å². The molecule has 0 aliphatic rings. The SMILES string of the molecule is CCC(=O)CCCSC(C)C. The standard InChI is InChI=1S/C9H18OS/c1-4-9(10)6-5-7-11-8(2)3/h8H,4-7H2,1-3H3. The number of hydrogen-bond donors (Lipinski definition) is 0. The number of thioether (sulfide) groups is 1. The van der Waals surface area contributed by atoms with Gasteiger partial charge in [0, 0.05) is 12.8 Å². The molecule has 0 aliphatic heterocycles. The molecule has 0 atom stereocenters. The van der Waals surface area contributed by atoms with Crippen LogP contribution >= 0.6 is 11.8 Å². The van der Waals surface area contributed by atoms with Gasteiger partial charge in [-0.15, -0.1) is 0 Å². The second kappa shape index (κ2) is 6.71. The van der Waals surface area contributed by atoms with Crippen molar-refractivity contribution in [2.24, 2.45) is 0 Å². The van der Waals surface area contributed by atoms with Crippen LogP contribution in [0, 0.1) is 0 Å². The first kappa shape index (κ1) is 11.0. The van der Waals surface area contributed by atoms with Crippen molar-refractivity contribution in [2.45, 2.75) is 45.3 Å². The largest absolute Gasteiger partial charge is 0.300 e. The third-order valence-corrected chi connectivity index (χ3v) is 2.64. The lowest BCUT2D eigenvalue weighted by Crippen LogP contribution is -1.97. The van der Waals surface area contributed by atoms with E-state index in [1.165, 1.54) is 0 Å². The van der Waals surface area contributed by atoms with Gasteiger partial charge in [-0.1, -0.05) is 20.8 Å². The summed E-state index contributed by atoms with van der Waals surface area (Å²) in [7, 11) is 0. The molecule has 0 saturated carbocycles.